The SMILES string of the molecule is Cc1ccc(C2(C)NC(=O)N(CC(=O)Nc3ccc(SC(=O)N(C)C)cc3)C2=O)cc1. The standard InChI is InChI=1S/C22H24N4O4S/c1-14-5-7-15(8-6-14)22(2)19(28)26(20(29)24-22)13-18(27)23-16-9-11-17(12-10-16)31-21(30)25(3)4/h5-12H,13H2,1-4H3,(H,23,27)(H,24,29). The highest BCUT2D eigenvalue weighted by Crippen LogP contribution is 2.29. The molecule has 2 aromatic carbocycles. The van der Waals surface area contributed by atoms with Gasteiger partial charge >= 0.3 is 6.03 Å². The lowest BCUT2D eigenvalue weighted by molar-refractivity contribution is -0.133. The fourth-order valence-corrected chi connectivity index (χ4v) is 3.72. The summed E-state index contributed by atoms with van der Waals surface area (Å²) in [5.74, 6) is -0.980. The zero-order valence-corrected chi connectivity index (χ0v) is 18.6. The summed E-state index contributed by atoms with van der Waals surface area (Å²) in [5, 5.41) is 5.25. The van der Waals surface area contributed by atoms with Gasteiger partial charge < -0.3 is 15.5 Å². The lowest BCUT2D eigenvalue weighted by atomic mass is 9.91. The largest absolute Gasteiger partial charge is 0.339 e. The van der Waals surface area contributed by atoms with Crippen LogP contribution in [0, 0.1) is 6.92 Å². The maximum absolute atomic E-state index is 12.9. The van der Waals surface area contributed by atoms with Crippen LogP contribution in [-0.2, 0) is 15.1 Å². The number of carbonyl (C=O) groups is 4. The Balaban J connectivity index is 1.64. The number of urea groups is 1. The minimum Gasteiger partial charge on any atom is -0.339 e. The van der Waals surface area contributed by atoms with Crippen molar-refractivity contribution in [3.8, 4) is 0 Å². The van der Waals surface area contributed by atoms with Crippen LogP contribution in [0.15, 0.2) is 53.4 Å². The molecule has 1 aliphatic rings. The monoisotopic (exact) mass is 440 g/mol. The molecule has 0 aliphatic carbocycles. The molecule has 2 N–H and O–H groups in total. The van der Waals surface area contributed by atoms with Crippen LogP contribution in [0.5, 0.6) is 0 Å². The third kappa shape index (κ3) is 4.88. The molecule has 31 heavy (non-hydrogen) atoms. The van der Waals surface area contributed by atoms with Crippen molar-refractivity contribution in [1.82, 2.24) is 15.1 Å². The van der Waals surface area contributed by atoms with Crippen molar-refractivity contribution in [2.24, 2.45) is 0 Å². The number of aryl methyl sites for hydroxylation is 1. The molecule has 0 aromatic heterocycles. The summed E-state index contributed by atoms with van der Waals surface area (Å²) in [6, 6.07) is 13.4. The molecule has 162 valence electrons. The Hall–Kier alpha value is -3.33. The Morgan fingerprint density at radius 2 is 1.68 bits per heavy atom. The van der Waals surface area contributed by atoms with Gasteiger partial charge in [0, 0.05) is 24.7 Å². The van der Waals surface area contributed by atoms with Gasteiger partial charge in [-0.05, 0) is 55.4 Å². The molecule has 3 rings (SSSR count). The van der Waals surface area contributed by atoms with E-state index in [4.69, 9.17) is 0 Å². The second-order valence-corrected chi connectivity index (χ2v) is 8.67. The lowest BCUT2D eigenvalue weighted by Gasteiger charge is -2.22. The molecule has 1 saturated heterocycles. The maximum Gasteiger partial charge on any atom is 0.325 e. The van der Waals surface area contributed by atoms with Crippen LogP contribution in [0.1, 0.15) is 18.1 Å². The Labute approximate surface area is 185 Å². The van der Waals surface area contributed by atoms with Crippen LogP contribution >= 0.6 is 11.8 Å². The minimum atomic E-state index is -1.22. The normalized spacial score (nSPS) is 18.0. The number of hydrogen-bond donors (Lipinski definition) is 2. The maximum atomic E-state index is 12.9. The number of hydrogen-bond acceptors (Lipinski definition) is 5. The Morgan fingerprint density at radius 1 is 1.06 bits per heavy atom. The predicted octanol–water partition coefficient (Wildman–Crippen LogP) is 3.17. The number of carbonyl (C=O) groups excluding carboxylic acids is 4. The molecule has 9 heteroatoms. The first-order valence-electron chi connectivity index (χ1n) is 9.60. The van der Waals surface area contributed by atoms with Crippen LogP contribution in [-0.4, -0.2) is 53.5 Å². The number of nitrogens with one attached hydrogen (secondary N) is 2. The zero-order chi connectivity index (χ0) is 22.8. The van der Waals surface area contributed by atoms with Crippen molar-refractivity contribution in [2.45, 2.75) is 24.3 Å². The summed E-state index contributed by atoms with van der Waals surface area (Å²) in [6.45, 7) is 3.16. The molecule has 0 bridgehead atoms. The predicted molar refractivity (Wildman–Crippen MR) is 119 cm³/mol. The molecule has 0 spiro atoms. The molecule has 1 atom stereocenters. The topological polar surface area (TPSA) is 98.8 Å². The van der Waals surface area contributed by atoms with E-state index in [0.29, 0.717) is 11.3 Å². The van der Waals surface area contributed by atoms with Crippen molar-refractivity contribution >= 4 is 40.5 Å². The third-order valence-corrected chi connectivity index (χ3v) is 5.96. The number of amides is 5. The number of anilines is 1. The highest BCUT2D eigenvalue weighted by Gasteiger charge is 2.49. The van der Waals surface area contributed by atoms with Gasteiger partial charge in [-0.3, -0.25) is 19.3 Å². The summed E-state index contributed by atoms with van der Waals surface area (Å²) in [5.41, 5.74) is 0.971. The second-order valence-electron chi connectivity index (χ2n) is 7.65. The van der Waals surface area contributed by atoms with Crippen LogP contribution in [0.25, 0.3) is 0 Å². The van der Waals surface area contributed by atoms with E-state index in [9.17, 15) is 19.2 Å². The number of nitrogens with zero attached hydrogens (tertiary/aromatic N) is 2. The highest BCUT2D eigenvalue weighted by atomic mass is 32.2. The molecular weight excluding hydrogens is 416 g/mol. The molecule has 1 aliphatic heterocycles. The molecule has 0 saturated carbocycles. The van der Waals surface area contributed by atoms with Gasteiger partial charge in [-0.15, -0.1) is 0 Å². The van der Waals surface area contributed by atoms with E-state index >= 15 is 0 Å². The van der Waals surface area contributed by atoms with E-state index in [2.05, 4.69) is 10.6 Å². The van der Waals surface area contributed by atoms with E-state index in [1.165, 1.54) is 4.90 Å². The average Bonchev–Trinajstić information content (AvgIpc) is 2.93. The fraction of sp³-hybridized carbons (Fsp3) is 0.273. The van der Waals surface area contributed by atoms with Gasteiger partial charge in [-0.25, -0.2) is 4.79 Å². The first-order valence-corrected chi connectivity index (χ1v) is 10.4. The first kappa shape index (κ1) is 22.4. The van der Waals surface area contributed by atoms with Crippen molar-refractivity contribution in [2.75, 3.05) is 26.0 Å². The molecule has 0 radical (unpaired) electrons. The molecule has 8 nitrogen and oxygen atoms in total. The molecular formula is C22H24N4O4S. The van der Waals surface area contributed by atoms with Crippen molar-refractivity contribution < 1.29 is 19.2 Å². The van der Waals surface area contributed by atoms with E-state index in [1.54, 1.807) is 57.4 Å². The van der Waals surface area contributed by atoms with E-state index in [1.807, 2.05) is 19.1 Å². The fourth-order valence-electron chi connectivity index (χ4n) is 3.07. The van der Waals surface area contributed by atoms with Crippen molar-refractivity contribution in [3.05, 3.63) is 59.7 Å². The van der Waals surface area contributed by atoms with Crippen molar-refractivity contribution in [1.29, 1.82) is 0 Å². The average molecular weight is 441 g/mol. The quantitative estimate of drug-likeness (QED) is 0.550. The van der Waals surface area contributed by atoms with Crippen LogP contribution in [0.3, 0.4) is 0 Å². The van der Waals surface area contributed by atoms with Gasteiger partial charge in [-0.1, -0.05) is 29.8 Å². The lowest BCUT2D eigenvalue weighted by Crippen LogP contribution is -2.42. The first-order chi connectivity index (χ1) is 14.6. The molecule has 5 amide bonds. The minimum absolute atomic E-state index is 0.105. The summed E-state index contributed by atoms with van der Waals surface area (Å²) in [6.07, 6.45) is 0. The molecule has 1 unspecified atom stereocenters. The van der Waals surface area contributed by atoms with Gasteiger partial charge in [0.1, 0.15) is 12.1 Å². The molecule has 2 aromatic rings. The summed E-state index contributed by atoms with van der Waals surface area (Å²) in [4.78, 5) is 52.7. The Bertz CT molecular complexity index is 1020. The van der Waals surface area contributed by atoms with Gasteiger partial charge in [0.15, 0.2) is 0 Å². The van der Waals surface area contributed by atoms with Gasteiger partial charge in [0.2, 0.25) is 5.91 Å². The van der Waals surface area contributed by atoms with Crippen molar-refractivity contribution in [3.63, 3.8) is 0 Å². The van der Waals surface area contributed by atoms with E-state index < -0.39 is 29.9 Å². The molecule has 1 heterocycles. The Morgan fingerprint density at radius 3 is 2.26 bits per heavy atom. The number of benzene rings is 2. The van der Waals surface area contributed by atoms with Gasteiger partial charge in [0.05, 0.1) is 0 Å². The second kappa shape index (κ2) is 8.81. The van der Waals surface area contributed by atoms with E-state index in [-0.39, 0.29) is 5.24 Å². The molecule has 1 fully saturated rings. The summed E-state index contributed by atoms with van der Waals surface area (Å²) in [7, 11) is 3.34. The highest BCUT2D eigenvalue weighted by molar-refractivity contribution is 8.13. The Kier molecular flexibility index (Phi) is 6.35. The van der Waals surface area contributed by atoms with Crippen LogP contribution < -0.4 is 10.6 Å². The summed E-state index contributed by atoms with van der Waals surface area (Å²) < 4.78 is 0. The van der Waals surface area contributed by atoms with Gasteiger partial charge in [0.25, 0.3) is 11.1 Å². The van der Waals surface area contributed by atoms with Crippen LogP contribution in [0.2, 0.25) is 0 Å². The number of thioether (sulfide) groups is 1. The number of imide groups is 1. The number of rotatable bonds is 5. The zero-order valence-electron chi connectivity index (χ0n) is 17.8. The van der Waals surface area contributed by atoms with Crippen LogP contribution in [0.4, 0.5) is 15.3 Å². The van der Waals surface area contributed by atoms with Gasteiger partial charge in [-0.2, -0.15) is 0 Å². The third-order valence-electron chi connectivity index (χ3n) is 4.91. The smallest absolute Gasteiger partial charge is 0.325 e. The summed E-state index contributed by atoms with van der Waals surface area (Å²) >= 11 is 1.07. The van der Waals surface area contributed by atoms with E-state index in [0.717, 1.165) is 27.1 Å².